The van der Waals surface area contributed by atoms with E-state index in [-0.39, 0.29) is 17.6 Å². The number of aryl methyl sites for hydroxylation is 1. The zero-order chi connectivity index (χ0) is 13.2. The van der Waals surface area contributed by atoms with Crippen LogP contribution in [0.25, 0.3) is 0 Å². The van der Waals surface area contributed by atoms with Crippen LogP contribution in [0.5, 0.6) is 0 Å². The third-order valence-corrected chi connectivity index (χ3v) is 4.47. The van der Waals surface area contributed by atoms with Crippen LogP contribution in [-0.2, 0) is 28.4 Å². The maximum atomic E-state index is 12.0. The molecule has 1 unspecified atom stereocenters. The Morgan fingerprint density at radius 2 is 2.39 bits per heavy atom. The minimum Gasteiger partial charge on any atom is -0.390 e. The second-order valence-corrected chi connectivity index (χ2v) is 6.19. The van der Waals surface area contributed by atoms with Gasteiger partial charge in [0, 0.05) is 32.1 Å². The molecule has 18 heavy (non-hydrogen) atoms. The first-order chi connectivity index (χ1) is 8.53. The fourth-order valence-electron chi connectivity index (χ4n) is 1.97. The SMILES string of the molecule is Cn1cc(S(=O)(=O)NCC2CCCO2)cc1CO. The largest absolute Gasteiger partial charge is 0.390 e. The highest BCUT2D eigenvalue weighted by molar-refractivity contribution is 7.89. The highest BCUT2D eigenvalue weighted by atomic mass is 32.2. The second kappa shape index (κ2) is 5.40. The minimum absolute atomic E-state index is 0.0270. The van der Waals surface area contributed by atoms with Crippen LogP contribution in [0.3, 0.4) is 0 Å². The first-order valence-electron chi connectivity index (χ1n) is 5.90. The molecule has 6 nitrogen and oxygen atoms in total. The summed E-state index contributed by atoms with van der Waals surface area (Å²) >= 11 is 0. The van der Waals surface area contributed by atoms with E-state index in [9.17, 15) is 8.42 Å². The van der Waals surface area contributed by atoms with E-state index in [1.165, 1.54) is 12.3 Å². The van der Waals surface area contributed by atoms with Gasteiger partial charge in [0.2, 0.25) is 10.0 Å². The molecular weight excluding hydrogens is 256 g/mol. The standard InChI is InChI=1S/C11H18N2O4S/c1-13-7-11(5-9(13)8-14)18(15,16)12-6-10-3-2-4-17-10/h5,7,10,12,14H,2-4,6,8H2,1H3. The van der Waals surface area contributed by atoms with Crippen molar-refractivity contribution in [3.05, 3.63) is 18.0 Å². The van der Waals surface area contributed by atoms with E-state index in [0.717, 1.165) is 12.8 Å². The number of nitrogens with one attached hydrogen (secondary N) is 1. The lowest BCUT2D eigenvalue weighted by atomic mass is 10.2. The summed E-state index contributed by atoms with van der Waals surface area (Å²) in [5, 5.41) is 9.04. The van der Waals surface area contributed by atoms with Crippen LogP contribution in [-0.4, -0.2) is 37.3 Å². The third kappa shape index (κ3) is 2.92. The van der Waals surface area contributed by atoms with E-state index in [0.29, 0.717) is 18.8 Å². The topological polar surface area (TPSA) is 80.6 Å². The molecular formula is C11H18N2O4S. The highest BCUT2D eigenvalue weighted by Crippen LogP contribution is 2.15. The van der Waals surface area contributed by atoms with Gasteiger partial charge in [0.25, 0.3) is 0 Å². The Kier molecular flexibility index (Phi) is 4.06. The molecule has 102 valence electrons. The number of nitrogens with zero attached hydrogens (tertiary/aromatic N) is 1. The van der Waals surface area contributed by atoms with Crippen molar-refractivity contribution in [1.82, 2.24) is 9.29 Å². The van der Waals surface area contributed by atoms with Crippen molar-refractivity contribution in [2.45, 2.75) is 30.4 Å². The summed E-state index contributed by atoms with van der Waals surface area (Å²) in [7, 11) is -1.82. The van der Waals surface area contributed by atoms with Gasteiger partial charge in [0.15, 0.2) is 0 Å². The van der Waals surface area contributed by atoms with E-state index in [4.69, 9.17) is 9.84 Å². The van der Waals surface area contributed by atoms with Gasteiger partial charge in [-0.3, -0.25) is 0 Å². The molecule has 1 saturated heterocycles. The lowest BCUT2D eigenvalue weighted by Crippen LogP contribution is -2.31. The maximum absolute atomic E-state index is 12.0. The average Bonchev–Trinajstić information content (AvgIpc) is 2.95. The van der Waals surface area contributed by atoms with Gasteiger partial charge >= 0.3 is 0 Å². The molecule has 1 aliphatic heterocycles. The van der Waals surface area contributed by atoms with Crippen molar-refractivity contribution in [2.24, 2.45) is 7.05 Å². The van der Waals surface area contributed by atoms with Crippen molar-refractivity contribution < 1.29 is 18.3 Å². The molecule has 0 amide bonds. The third-order valence-electron chi connectivity index (χ3n) is 3.08. The monoisotopic (exact) mass is 274 g/mol. The molecule has 2 rings (SSSR count). The molecule has 0 radical (unpaired) electrons. The summed E-state index contributed by atoms with van der Waals surface area (Å²) in [5.74, 6) is 0. The van der Waals surface area contributed by atoms with Gasteiger partial charge in [-0.1, -0.05) is 0 Å². The smallest absolute Gasteiger partial charge is 0.242 e. The van der Waals surface area contributed by atoms with Crippen molar-refractivity contribution in [2.75, 3.05) is 13.2 Å². The molecule has 7 heteroatoms. The van der Waals surface area contributed by atoms with E-state index >= 15 is 0 Å². The molecule has 0 saturated carbocycles. The Labute approximate surface area is 107 Å². The summed E-state index contributed by atoms with van der Waals surface area (Å²) in [6.07, 6.45) is 3.33. The molecule has 0 spiro atoms. The lowest BCUT2D eigenvalue weighted by Gasteiger charge is -2.10. The first-order valence-corrected chi connectivity index (χ1v) is 7.38. The van der Waals surface area contributed by atoms with Gasteiger partial charge < -0.3 is 14.4 Å². The molecule has 1 fully saturated rings. The predicted molar refractivity (Wildman–Crippen MR) is 65.5 cm³/mol. The quantitative estimate of drug-likeness (QED) is 0.790. The first kappa shape index (κ1) is 13.5. The summed E-state index contributed by atoms with van der Waals surface area (Å²) in [5.41, 5.74) is 0.562. The Balaban J connectivity index is 2.04. The lowest BCUT2D eigenvalue weighted by molar-refractivity contribution is 0.114. The van der Waals surface area contributed by atoms with E-state index in [1.54, 1.807) is 11.6 Å². The van der Waals surface area contributed by atoms with E-state index in [2.05, 4.69) is 4.72 Å². The summed E-state index contributed by atoms with van der Waals surface area (Å²) in [4.78, 5) is 0.173. The summed E-state index contributed by atoms with van der Waals surface area (Å²) < 4.78 is 33.5. The zero-order valence-corrected chi connectivity index (χ0v) is 11.1. The molecule has 0 aliphatic carbocycles. The van der Waals surface area contributed by atoms with Gasteiger partial charge in [0.05, 0.1) is 17.6 Å². The summed E-state index contributed by atoms with van der Waals surface area (Å²) in [6, 6.07) is 1.47. The Morgan fingerprint density at radius 3 is 2.94 bits per heavy atom. The molecule has 1 atom stereocenters. The fraction of sp³-hybridized carbons (Fsp3) is 0.636. The highest BCUT2D eigenvalue weighted by Gasteiger charge is 2.21. The second-order valence-electron chi connectivity index (χ2n) is 4.42. The van der Waals surface area contributed by atoms with Crippen LogP contribution in [0.2, 0.25) is 0 Å². The van der Waals surface area contributed by atoms with Gasteiger partial charge in [-0.05, 0) is 18.9 Å². The molecule has 0 bridgehead atoms. The average molecular weight is 274 g/mol. The molecule has 1 aliphatic rings. The molecule has 2 N–H and O–H groups in total. The number of sulfonamides is 1. The number of aliphatic hydroxyl groups excluding tert-OH is 1. The van der Waals surface area contributed by atoms with Crippen LogP contribution in [0, 0.1) is 0 Å². The number of aromatic nitrogens is 1. The van der Waals surface area contributed by atoms with E-state index < -0.39 is 10.0 Å². The molecule has 1 aromatic heterocycles. The van der Waals surface area contributed by atoms with Crippen LogP contribution in [0.1, 0.15) is 18.5 Å². The van der Waals surface area contributed by atoms with Crippen LogP contribution in [0.15, 0.2) is 17.2 Å². The Bertz CT molecular complexity index is 503. The van der Waals surface area contributed by atoms with Crippen molar-refractivity contribution in [1.29, 1.82) is 0 Å². The molecule has 0 aromatic carbocycles. The van der Waals surface area contributed by atoms with Gasteiger partial charge in [-0.2, -0.15) is 0 Å². The van der Waals surface area contributed by atoms with Crippen LogP contribution >= 0.6 is 0 Å². The van der Waals surface area contributed by atoms with Crippen LogP contribution < -0.4 is 4.72 Å². The van der Waals surface area contributed by atoms with Gasteiger partial charge in [0.1, 0.15) is 0 Å². The maximum Gasteiger partial charge on any atom is 0.242 e. The van der Waals surface area contributed by atoms with Crippen molar-refractivity contribution in [3.63, 3.8) is 0 Å². The Morgan fingerprint density at radius 1 is 1.61 bits per heavy atom. The molecule has 2 heterocycles. The normalized spacial score (nSPS) is 20.4. The molecule has 1 aromatic rings. The number of ether oxygens (including phenoxy) is 1. The number of aliphatic hydroxyl groups is 1. The van der Waals surface area contributed by atoms with E-state index in [1.807, 2.05) is 0 Å². The fourth-order valence-corrected chi connectivity index (χ4v) is 3.13. The van der Waals surface area contributed by atoms with Crippen molar-refractivity contribution in [3.8, 4) is 0 Å². The minimum atomic E-state index is -3.52. The Hall–Kier alpha value is -0.890. The van der Waals surface area contributed by atoms with Gasteiger partial charge in [-0.25, -0.2) is 13.1 Å². The number of hydrogen-bond donors (Lipinski definition) is 2. The number of hydrogen-bond acceptors (Lipinski definition) is 4. The van der Waals surface area contributed by atoms with Crippen molar-refractivity contribution >= 4 is 10.0 Å². The zero-order valence-electron chi connectivity index (χ0n) is 10.3. The number of rotatable bonds is 5. The summed E-state index contributed by atoms with van der Waals surface area (Å²) in [6.45, 7) is 0.815. The van der Waals surface area contributed by atoms with Gasteiger partial charge in [-0.15, -0.1) is 0 Å². The van der Waals surface area contributed by atoms with Crippen LogP contribution in [0.4, 0.5) is 0 Å². The predicted octanol–water partition coefficient (Wildman–Crippen LogP) is -0.0253.